The van der Waals surface area contributed by atoms with Crippen LogP contribution in [-0.4, -0.2) is 15.7 Å². The van der Waals surface area contributed by atoms with Crippen molar-refractivity contribution in [2.75, 3.05) is 5.32 Å². The smallest absolute Gasteiger partial charge is 0.250 e. The van der Waals surface area contributed by atoms with Crippen LogP contribution in [0.1, 0.15) is 48.0 Å². The molecule has 3 aromatic rings. The van der Waals surface area contributed by atoms with E-state index in [1.54, 1.807) is 12.1 Å². The maximum atomic E-state index is 11.8. The molecule has 0 saturated heterocycles. The highest BCUT2D eigenvalue weighted by atomic mass is 16.1. The second-order valence-electron chi connectivity index (χ2n) is 7.90. The molecule has 140 valence electrons. The standard InChI is InChI=1S/C22H26N4O/c1-14-10-11-18(15(2)12-14)26-20(13-19(25-26)22(3,4)5)24-17-9-7-6-8-16(17)21(23)27/h6-13,24H,1-5H3,(H2,23,27). The van der Waals surface area contributed by atoms with E-state index in [1.807, 2.05) is 22.9 Å². The number of nitrogens with one attached hydrogen (secondary N) is 1. The Morgan fingerprint density at radius 3 is 2.41 bits per heavy atom. The van der Waals surface area contributed by atoms with Gasteiger partial charge >= 0.3 is 0 Å². The summed E-state index contributed by atoms with van der Waals surface area (Å²) in [5.74, 6) is 0.326. The number of nitrogens with two attached hydrogens (primary N) is 1. The fourth-order valence-electron chi connectivity index (χ4n) is 3.01. The number of hydrogen-bond acceptors (Lipinski definition) is 3. The Balaban J connectivity index is 2.15. The van der Waals surface area contributed by atoms with Gasteiger partial charge in [-0.05, 0) is 37.6 Å². The Hall–Kier alpha value is -3.08. The van der Waals surface area contributed by atoms with Crippen molar-refractivity contribution in [2.24, 2.45) is 5.73 Å². The third-order valence-electron chi connectivity index (χ3n) is 4.51. The van der Waals surface area contributed by atoms with Gasteiger partial charge in [-0.25, -0.2) is 4.68 Å². The van der Waals surface area contributed by atoms with E-state index in [4.69, 9.17) is 10.8 Å². The fraction of sp³-hybridized carbons (Fsp3) is 0.273. The molecule has 0 bridgehead atoms. The molecule has 2 aromatic carbocycles. The summed E-state index contributed by atoms with van der Waals surface area (Å²) in [5, 5.41) is 8.21. The maximum absolute atomic E-state index is 11.8. The van der Waals surface area contributed by atoms with Crippen LogP contribution in [0.5, 0.6) is 0 Å². The van der Waals surface area contributed by atoms with E-state index in [0.717, 1.165) is 22.8 Å². The number of anilines is 2. The average Bonchev–Trinajstić information content (AvgIpc) is 2.99. The van der Waals surface area contributed by atoms with E-state index in [-0.39, 0.29) is 5.41 Å². The van der Waals surface area contributed by atoms with Gasteiger partial charge in [-0.15, -0.1) is 0 Å². The minimum atomic E-state index is -0.466. The SMILES string of the molecule is Cc1ccc(-n2nc(C(C)(C)C)cc2Nc2ccccc2C(N)=O)c(C)c1. The van der Waals surface area contributed by atoms with Gasteiger partial charge in [-0.2, -0.15) is 5.10 Å². The zero-order valence-corrected chi connectivity index (χ0v) is 16.5. The number of nitrogens with zero attached hydrogens (tertiary/aromatic N) is 2. The van der Waals surface area contributed by atoms with Crippen molar-refractivity contribution in [1.29, 1.82) is 0 Å². The van der Waals surface area contributed by atoms with Crippen molar-refractivity contribution in [3.63, 3.8) is 0 Å². The van der Waals surface area contributed by atoms with Crippen molar-refractivity contribution in [3.8, 4) is 5.69 Å². The Kier molecular flexibility index (Phi) is 4.79. The highest BCUT2D eigenvalue weighted by Crippen LogP contribution is 2.30. The third-order valence-corrected chi connectivity index (χ3v) is 4.51. The normalized spacial score (nSPS) is 11.4. The topological polar surface area (TPSA) is 72.9 Å². The number of aryl methyl sites for hydroxylation is 2. The van der Waals surface area contributed by atoms with Crippen LogP contribution in [0.2, 0.25) is 0 Å². The largest absolute Gasteiger partial charge is 0.366 e. The predicted octanol–water partition coefficient (Wildman–Crippen LogP) is 4.63. The number of hydrogen-bond donors (Lipinski definition) is 2. The molecule has 0 aliphatic rings. The van der Waals surface area contributed by atoms with E-state index in [9.17, 15) is 4.79 Å². The summed E-state index contributed by atoms with van der Waals surface area (Å²) < 4.78 is 1.90. The molecule has 1 aromatic heterocycles. The monoisotopic (exact) mass is 362 g/mol. The average molecular weight is 362 g/mol. The van der Waals surface area contributed by atoms with Gasteiger partial charge in [-0.3, -0.25) is 4.79 Å². The van der Waals surface area contributed by atoms with Crippen molar-refractivity contribution < 1.29 is 4.79 Å². The lowest BCUT2D eigenvalue weighted by Crippen LogP contribution is -2.14. The molecule has 0 saturated carbocycles. The van der Waals surface area contributed by atoms with Gasteiger partial charge in [0.05, 0.1) is 22.6 Å². The zero-order valence-electron chi connectivity index (χ0n) is 16.5. The van der Waals surface area contributed by atoms with E-state index < -0.39 is 5.91 Å². The summed E-state index contributed by atoms with van der Waals surface area (Å²) in [6.07, 6.45) is 0. The molecule has 0 spiro atoms. The zero-order chi connectivity index (χ0) is 19.8. The van der Waals surface area contributed by atoms with E-state index >= 15 is 0 Å². The number of para-hydroxylation sites is 1. The number of carbonyl (C=O) groups is 1. The quantitative estimate of drug-likeness (QED) is 0.711. The molecule has 3 N–H and O–H groups in total. The number of aromatic nitrogens is 2. The van der Waals surface area contributed by atoms with Crippen molar-refractivity contribution in [2.45, 2.75) is 40.0 Å². The number of carbonyl (C=O) groups excluding carboxylic acids is 1. The van der Waals surface area contributed by atoms with Gasteiger partial charge in [-0.1, -0.05) is 50.6 Å². The summed E-state index contributed by atoms with van der Waals surface area (Å²) in [6, 6.07) is 15.5. The lowest BCUT2D eigenvalue weighted by atomic mass is 9.92. The van der Waals surface area contributed by atoms with Gasteiger partial charge in [0.1, 0.15) is 5.82 Å². The third kappa shape index (κ3) is 3.87. The summed E-state index contributed by atoms with van der Waals surface area (Å²) in [4.78, 5) is 11.8. The molecule has 0 unspecified atom stereocenters. The van der Waals surface area contributed by atoms with Crippen LogP contribution < -0.4 is 11.1 Å². The van der Waals surface area contributed by atoms with E-state index in [2.05, 4.69) is 58.1 Å². The first-order chi connectivity index (χ1) is 12.7. The minimum Gasteiger partial charge on any atom is -0.366 e. The highest BCUT2D eigenvalue weighted by molar-refractivity contribution is 5.99. The van der Waals surface area contributed by atoms with Crippen LogP contribution in [0.4, 0.5) is 11.5 Å². The molecule has 1 amide bonds. The first kappa shape index (κ1) is 18.7. The van der Waals surface area contributed by atoms with Gasteiger partial charge in [0.2, 0.25) is 0 Å². The van der Waals surface area contributed by atoms with Crippen LogP contribution in [0.3, 0.4) is 0 Å². The Morgan fingerprint density at radius 1 is 1.07 bits per heavy atom. The molecule has 0 radical (unpaired) electrons. The van der Waals surface area contributed by atoms with Crippen LogP contribution in [0.15, 0.2) is 48.5 Å². The van der Waals surface area contributed by atoms with Gasteiger partial charge in [0.25, 0.3) is 5.91 Å². The van der Waals surface area contributed by atoms with Gasteiger partial charge in [0.15, 0.2) is 0 Å². The van der Waals surface area contributed by atoms with Crippen molar-refractivity contribution >= 4 is 17.4 Å². The highest BCUT2D eigenvalue weighted by Gasteiger charge is 2.22. The Bertz CT molecular complexity index is 996. The molecule has 1 heterocycles. The Labute approximate surface area is 160 Å². The van der Waals surface area contributed by atoms with Crippen LogP contribution in [0.25, 0.3) is 5.69 Å². The van der Waals surface area contributed by atoms with Crippen molar-refractivity contribution in [1.82, 2.24) is 9.78 Å². The predicted molar refractivity (Wildman–Crippen MR) is 110 cm³/mol. The van der Waals surface area contributed by atoms with Crippen LogP contribution in [-0.2, 0) is 5.41 Å². The maximum Gasteiger partial charge on any atom is 0.250 e. The van der Waals surface area contributed by atoms with Crippen LogP contribution in [0, 0.1) is 13.8 Å². The minimum absolute atomic E-state index is 0.108. The second-order valence-corrected chi connectivity index (χ2v) is 7.90. The summed E-state index contributed by atoms with van der Waals surface area (Å²) in [6.45, 7) is 10.5. The summed E-state index contributed by atoms with van der Waals surface area (Å²) in [7, 11) is 0. The van der Waals surface area contributed by atoms with Crippen LogP contribution >= 0.6 is 0 Å². The molecule has 27 heavy (non-hydrogen) atoms. The fourth-order valence-corrected chi connectivity index (χ4v) is 3.01. The first-order valence-corrected chi connectivity index (χ1v) is 9.01. The number of benzene rings is 2. The Morgan fingerprint density at radius 2 is 1.78 bits per heavy atom. The van der Waals surface area contributed by atoms with Crippen molar-refractivity contribution in [3.05, 3.63) is 70.9 Å². The lowest BCUT2D eigenvalue weighted by molar-refractivity contribution is 0.100. The molecule has 0 fully saturated rings. The molecular formula is C22H26N4O. The molecule has 5 nitrogen and oxygen atoms in total. The number of rotatable bonds is 4. The summed E-state index contributed by atoms with van der Waals surface area (Å²) in [5.41, 5.74) is 10.8. The first-order valence-electron chi connectivity index (χ1n) is 9.01. The van der Waals surface area contributed by atoms with Gasteiger partial charge < -0.3 is 11.1 Å². The molecule has 0 aliphatic heterocycles. The van der Waals surface area contributed by atoms with E-state index in [0.29, 0.717) is 11.3 Å². The molecular weight excluding hydrogens is 336 g/mol. The molecule has 0 aliphatic carbocycles. The lowest BCUT2D eigenvalue weighted by Gasteiger charge is -2.15. The van der Waals surface area contributed by atoms with Gasteiger partial charge in [0, 0.05) is 11.5 Å². The number of primary amides is 1. The second kappa shape index (κ2) is 6.91. The van der Waals surface area contributed by atoms with E-state index in [1.165, 1.54) is 5.56 Å². The molecule has 5 heteroatoms. The molecule has 0 atom stereocenters. The summed E-state index contributed by atoms with van der Waals surface area (Å²) >= 11 is 0. The molecule has 3 rings (SSSR count). The number of amides is 1.